The average molecular weight is 344 g/mol. The zero-order valence-corrected chi connectivity index (χ0v) is 14.8. The van der Waals surface area contributed by atoms with Gasteiger partial charge in [0.2, 0.25) is 11.8 Å². The Labute approximate surface area is 147 Å². The van der Waals surface area contributed by atoms with E-state index < -0.39 is 5.41 Å². The van der Waals surface area contributed by atoms with Gasteiger partial charge in [-0.3, -0.25) is 19.7 Å². The van der Waals surface area contributed by atoms with Crippen LogP contribution in [0, 0.1) is 10.8 Å². The number of likely N-dealkylation sites (tertiary alicyclic amines) is 1. The third kappa shape index (κ3) is 3.01. The molecule has 3 rings (SSSR count). The molecular formula is C19H24N2O4. The number of rotatable bonds is 4. The molecule has 3 amide bonds. The number of nitrogens with one attached hydrogen (secondary N) is 1. The number of hydrogen-bond acceptors (Lipinski definition) is 4. The molecule has 2 saturated heterocycles. The fourth-order valence-corrected chi connectivity index (χ4v) is 4.42. The van der Waals surface area contributed by atoms with Crippen molar-refractivity contribution in [3.63, 3.8) is 0 Å². The molecule has 0 radical (unpaired) electrons. The summed E-state index contributed by atoms with van der Waals surface area (Å²) in [7, 11) is 1.52. The van der Waals surface area contributed by atoms with Crippen molar-refractivity contribution in [2.24, 2.45) is 10.8 Å². The fraction of sp³-hybridized carbons (Fsp3) is 0.526. The van der Waals surface area contributed by atoms with Gasteiger partial charge in [0.15, 0.2) is 0 Å². The molecular weight excluding hydrogens is 320 g/mol. The monoisotopic (exact) mass is 344 g/mol. The summed E-state index contributed by atoms with van der Waals surface area (Å²) in [5.74, 6) is 0.0699. The number of methoxy groups -OCH3 is 1. The molecule has 2 aliphatic heterocycles. The van der Waals surface area contributed by atoms with E-state index in [1.807, 2.05) is 13.0 Å². The standard InChI is InChI=1S/C19H24N2O4/c1-4-5-14(8-13(2)25-3)16(23)21-11-18(12-21)9-19(10-18)7-6-15(22)20-17(19)24/h4-5,8H,2,6-7,9-12H2,1,3H3,(H,20,22,24)/b5-4-,14-8+. The predicted octanol–water partition coefficient (Wildman–Crippen LogP) is 1.69. The summed E-state index contributed by atoms with van der Waals surface area (Å²) in [4.78, 5) is 37.9. The number of carbonyl (C=O) groups is 3. The zero-order chi connectivity index (χ0) is 18.2. The van der Waals surface area contributed by atoms with Gasteiger partial charge >= 0.3 is 0 Å². The quantitative estimate of drug-likeness (QED) is 0.364. The SMILES string of the molecule is C=C(/C=C(\C=C/C)C(=O)N1CC2(C1)CC1(CCC(=O)NC1=O)C2)OC. The Morgan fingerprint density at radius 3 is 2.56 bits per heavy atom. The normalized spacial score (nSPS) is 24.1. The van der Waals surface area contributed by atoms with Gasteiger partial charge in [-0.05, 0) is 32.3 Å². The number of ether oxygens (including phenoxy) is 1. The van der Waals surface area contributed by atoms with E-state index in [0.29, 0.717) is 37.3 Å². The molecule has 25 heavy (non-hydrogen) atoms. The number of carbonyl (C=O) groups excluding carboxylic acids is 3. The highest BCUT2D eigenvalue weighted by Gasteiger charge is 2.64. The Balaban J connectivity index is 1.60. The summed E-state index contributed by atoms with van der Waals surface area (Å²) in [5.41, 5.74) is 0.182. The average Bonchev–Trinajstić information content (AvgIpc) is 2.50. The highest BCUT2D eigenvalue weighted by molar-refractivity contribution is 6.01. The molecule has 1 N–H and O–H groups in total. The first-order chi connectivity index (χ1) is 11.8. The second-order valence-corrected chi connectivity index (χ2v) is 7.44. The van der Waals surface area contributed by atoms with Crippen LogP contribution in [0.2, 0.25) is 0 Å². The lowest BCUT2D eigenvalue weighted by Gasteiger charge is -2.64. The third-order valence-corrected chi connectivity index (χ3v) is 5.50. The largest absolute Gasteiger partial charge is 0.497 e. The van der Waals surface area contributed by atoms with Crippen molar-refractivity contribution in [1.29, 1.82) is 0 Å². The van der Waals surface area contributed by atoms with Crippen LogP contribution in [0.4, 0.5) is 0 Å². The number of amides is 3. The lowest BCUT2D eigenvalue weighted by Crippen LogP contribution is -2.70. The first-order valence-corrected chi connectivity index (χ1v) is 8.54. The van der Waals surface area contributed by atoms with Crippen molar-refractivity contribution in [1.82, 2.24) is 10.2 Å². The zero-order valence-electron chi connectivity index (χ0n) is 14.8. The van der Waals surface area contributed by atoms with Crippen LogP contribution >= 0.6 is 0 Å². The maximum absolute atomic E-state index is 12.7. The summed E-state index contributed by atoms with van der Waals surface area (Å²) in [5, 5.41) is 2.45. The van der Waals surface area contributed by atoms with Gasteiger partial charge in [0.05, 0.1) is 12.5 Å². The number of hydrogen-bond donors (Lipinski definition) is 1. The molecule has 0 unspecified atom stereocenters. The molecule has 3 fully saturated rings. The van der Waals surface area contributed by atoms with Crippen molar-refractivity contribution in [2.75, 3.05) is 20.2 Å². The second-order valence-electron chi connectivity index (χ2n) is 7.44. The Morgan fingerprint density at radius 2 is 2.00 bits per heavy atom. The van der Waals surface area contributed by atoms with Crippen molar-refractivity contribution in [3.8, 4) is 0 Å². The third-order valence-electron chi connectivity index (χ3n) is 5.50. The van der Waals surface area contributed by atoms with Gasteiger partial charge in [0.25, 0.3) is 5.91 Å². The Morgan fingerprint density at radius 1 is 1.32 bits per heavy atom. The van der Waals surface area contributed by atoms with Crippen LogP contribution in [0.3, 0.4) is 0 Å². The van der Waals surface area contributed by atoms with Gasteiger partial charge in [-0.15, -0.1) is 0 Å². The molecule has 134 valence electrons. The molecule has 0 aromatic rings. The molecule has 0 aromatic heterocycles. The van der Waals surface area contributed by atoms with Gasteiger partial charge in [0.1, 0.15) is 5.76 Å². The molecule has 6 heteroatoms. The van der Waals surface area contributed by atoms with Gasteiger partial charge in [-0.1, -0.05) is 18.7 Å². The summed E-state index contributed by atoms with van der Waals surface area (Å²) in [6, 6.07) is 0. The van der Waals surface area contributed by atoms with Gasteiger partial charge in [-0.25, -0.2) is 0 Å². The molecule has 0 bridgehead atoms. The summed E-state index contributed by atoms with van der Waals surface area (Å²) >= 11 is 0. The topological polar surface area (TPSA) is 75.7 Å². The van der Waals surface area contributed by atoms with E-state index in [2.05, 4.69) is 11.9 Å². The molecule has 2 spiro atoms. The fourth-order valence-electron chi connectivity index (χ4n) is 4.42. The first kappa shape index (κ1) is 17.5. The summed E-state index contributed by atoms with van der Waals surface area (Å²) in [6.45, 7) is 6.90. The summed E-state index contributed by atoms with van der Waals surface area (Å²) in [6.07, 6.45) is 7.76. The molecule has 3 aliphatic rings. The van der Waals surface area contributed by atoms with Gasteiger partial charge < -0.3 is 9.64 Å². The van der Waals surface area contributed by atoms with E-state index in [9.17, 15) is 14.4 Å². The van der Waals surface area contributed by atoms with E-state index in [1.165, 1.54) is 7.11 Å². The van der Waals surface area contributed by atoms with E-state index in [1.54, 1.807) is 17.1 Å². The van der Waals surface area contributed by atoms with Crippen molar-refractivity contribution in [3.05, 3.63) is 36.1 Å². The molecule has 0 atom stereocenters. The van der Waals surface area contributed by atoms with Gasteiger partial charge in [0, 0.05) is 30.5 Å². The Hall–Kier alpha value is -2.37. The van der Waals surface area contributed by atoms with Crippen molar-refractivity contribution < 1.29 is 19.1 Å². The van der Waals surface area contributed by atoms with Crippen LogP contribution < -0.4 is 5.32 Å². The maximum Gasteiger partial charge on any atom is 0.254 e. The minimum Gasteiger partial charge on any atom is -0.497 e. The lowest BCUT2D eigenvalue weighted by molar-refractivity contribution is -0.180. The highest BCUT2D eigenvalue weighted by atomic mass is 16.5. The number of nitrogens with zero attached hydrogens (tertiary/aromatic N) is 1. The minimum absolute atomic E-state index is 0.0344. The highest BCUT2D eigenvalue weighted by Crippen LogP contribution is 2.61. The smallest absolute Gasteiger partial charge is 0.254 e. The van der Waals surface area contributed by atoms with Crippen LogP contribution in [0.15, 0.2) is 36.1 Å². The number of allylic oxidation sites excluding steroid dienone is 2. The van der Waals surface area contributed by atoms with E-state index in [4.69, 9.17) is 4.74 Å². The van der Waals surface area contributed by atoms with Crippen molar-refractivity contribution in [2.45, 2.75) is 32.6 Å². The van der Waals surface area contributed by atoms with Crippen LogP contribution in [0.5, 0.6) is 0 Å². The first-order valence-electron chi connectivity index (χ1n) is 8.54. The van der Waals surface area contributed by atoms with E-state index >= 15 is 0 Å². The maximum atomic E-state index is 12.7. The van der Waals surface area contributed by atoms with Gasteiger partial charge in [-0.2, -0.15) is 0 Å². The Bertz CT molecular complexity index is 690. The lowest BCUT2D eigenvalue weighted by atomic mass is 9.47. The predicted molar refractivity (Wildman–Crippen MR) is 92.1 cm³/mol. The second kappa shape index (κ2) is 6.17. The number of piperidine rings is 1. The molecule has 0 aromatic carbocycles. The minimum atomic E-state index is -0.393. The molecule has 1 aliphatic carbocycles. The van der Waals surface area contributed by atoms with Crippen LogP contribution in [0.25, 0.3) is 0 Å². The van der Waals surface area contributed by atoms with E-state index in [-0.39, 0.29) is 23.1 Å². The van der Waals surface area contributed by atoms with Crippen LogP contribution in [-0.4, -0.2) is 42.8 Å². The molecule has 1 saturated carbocycles. The summed E-state index contributed by atoms with van der Waals surface area (Å²) < 4.78 is 5.03. The molecule has 2 heterocycles. The van der Waals surface area contributed by atoms with Crippen molar-refractivity contribution >= 4 is 17.7 Å². The van der Waals surface area contributed by atoms with Crippen LogP contribution in [-0.2, 0) is 19.1 Å². The number of imide groups is 1. The molecule has 6 nitrogen and oxygen atoms in total. The van der Waals surface area contributed by atoms with Crippen LogP contribution in [0.1, 0.15) is 32.6 Å². The van der Waals surface area contributed by atoms with E-state index in [0.717, 1.165) is 12.8 Å². The Kier molecular flexibility index (Phi) is 4.31.